The molecule has 0 radical (unpaired) electrons. The van der Waals surface area contributed by atoms with E-state index in [0.717, 1.165) is 18.2 Å². The molecule has 1 aliphatic rings. The molecule has 0 bridgehead atoms. The Labute approximate surface area is 145 Å². The molecule has 2 aromatic rings. The SMILES string of the molecule is O=C(c1cc(F)ccc1F)C1CCN(S(=O)(=O)c2ccccc2)CC1. The lowest BCUT2D eigenvalue weighted by Gasteiger charge is -2.30. The van der Waals surface area contributed by atoms with Gasteiger partial charge in [-0.15, -0.1) is 0 Å². The summed E-state index contributed by atoms with van der Waals surface area (Å²) in [5.41, 5.74) is -0.274. The lowest BCUT2D eigenvalue weighted by molar-refractivity contribution is 0.0870. The maximum atomic E-state index is 13.8. The van der Waals surface area contributed by atoms with Gasteiger partial charge in [0, 0.05) is 19.0 Å². The van der Waals surface area contributed by atoms with Gasteiger partial charge in [-0.1, -0.05) is 18.2 Å². The van der Waals surface area contributed by atoms with E-state index in [1.54, 1.807) is 18.2 Å². The van der Waals surface area contributed by atoms with Gasteiger partial charge in [-0.3, -0.25) is 4.79 Å². The number of ketones is 1. The average Bonchev–Trinajstić information content (AvgIpc) is 2.64. The van der Waals surface area contributed by atoms with Crippen molar-refractivity contribution < 1.29 is 22.0 Å². The van der Waals surface area contributed by atoms with Gasteiger partial charge in [0.2, 0.25) is 10.0 Å². The molecule has 0 aromatic heterocycles. The minimum absolute atomic E-state index is 0.171. The van der Waals surface area contributed by atoms with E-state index in [-0.39, 0.29) is 36.4 Å². The third-order valence-electron chi connectivity index (χ3n) is 4.40. The van der Waals surface area contributed by atoms with Crippen LogP contribution in [0.5, 0.6) is 0 Å². The number of carbonyl (C=O) groups is 1. The number of piperidine rings is 1. The van der Waals surface area contributed by atoms with Gasteiger partial charge in [-0.2, -0.15) is 4.31 Å². The topological polar surface area (TPSA) is 54.5 Å². The van der Waals surface area contributed by atoms with Crippen molar-refractivity contribution in [2.75, 3.05) is 13.1 Å². The van der Waals surface area contributed by atoms with Gasteiger partial charge in [0.25, 0.3) is 0 Å². The summed E-state index contributed by atoms with van der Waals surface area (Å²) in [7, 11) is -3.60. The van der Waals surface area contributed by atoms with Crippen molar-refractivity contribution in [1.82, 2.24) is 4.31 Å². The van der Waals surface area contributed by atoms with Crippen LogP contribution in [0.15, 0.2) is 53.4 Å². The summed E-state index contributed by atoms with van der Waals surface area (Å²) >= 11 is 0. The molecule has 0 amide bonds. The van der Waals surface area contributed by atoms with Gasteiger partial charge in [-0.05, 0) is 43.2 Å². The highest BCUT2D eigenvalue weighted by Gasteiger charge is 2.33. The highest BCUT2D eigenvalue weighted by Crippen LogP contribution is 2.27. The lowest BCUT2D eigenvalue weighted by atomic mass is 9.89. The smallest absolute Gasteiger partial charge is 0.243 e. The number of rotatable bonds is 4. The number of sulfonamides is 1. The van der Waals surface area contributed by atoms with Gasteiger partial charge < -0.3 is 0 Å². The first-order valence-electron chi connectivity index (χ1n) is 7.94. The van der Waals surface area contributed by atoms with Crippen LogP contribution in [-0.2, 0) is 10.0 Å². The molecule has 0 N–H and O–H groups in total. The van der Waals surface area contributed by atoms with Crippen LogP contribution in [0.2, 0.25) is 0 Å². The zero-order valence-corrected chi connectivity index (χ0v) is 14.2. The molecule has 25 heavy (non-hydrogen) atoms. The molecule has 1 fully saturated rings. The number of Topliss-reactive ketones (excluding diaryl/α,β-unsaturated/α-hetero) is 1. The van der Waals surface area contributed by atoms with Crippen molar-refractivity contribution in [2.45, 2.75) is 17.7 Å². The van der Waals surface area contributed by atoms with Gasteiger partial charge in [0.1, 0.15) is 11.6 Å². The molecule has 0 atom stereocenters. The Morgan fingerprint density at radius 3 is 2.28 bits per heavy atom. The molecule has 1 heterocycles. The molecule has 2 aromatic carbocycles. The third kappa shape index (κ3) is 3.62. The Balaban J connectivity index is 1.72. The Bertz CT molecular complexity index is 876. The van der Waals surface area contributed by atoms with Crippen molar-refractivity contribution in [1.29, 1.82) is 0 Å². The zero-order chi connectivity index (χ0) is 18.0. The average molecular weight is 365 g/mol. The van der Waals surface area contributed by atoms with E-state index in [2.05, 4.69) is 0 Å². The summed E-state index contributed by atoms with van der Waals surface area (Å²) in [4.78, 5) is 12.6. The monoisotopic (exact) mass is 365 g/mol. The van der Waals surface area contributed by atoms with E-state index in [0.29, 0.717) is 0 Å². The first kappa shape index (κ1) is 17.7. The summed E-state index contributed by atoms with van der Waals surface area (Å²) < 4.78 is 53.5. The van der Waals surface area contributed by atoms with Crippen molar-refractivity contribution in [2.24, 2.45) is 5.92 Å². The number of hydrogen-bond acceptors (Lipinski definition) is 3. The quantitative estimate of drug-likeness (QED) is 0.782. The molecule has 7 heteroatoms. The standard InChI is InChI=1S/C18H17F2NO3S/c19-14-6-7-17(20)16(12-14)18(22)13-8-10-21(11-9-13)25(23,24)15-4-2-1-3-5-15/h1-7,12-13H,8-11H2. The van der Waals surface area contributed by atoms with Crippen LogP contribution in [0.25, 0.3) is 0 Å². The maximum absolute atomic E-state index is 13.8. The molecular formula is C18H17F2NO3S. The van der Waals surface area contributed by atoms with Crippen molar-refractivity contribution in [3.8, 4) is 0 Å². The number of nitrogens with zero attached hydrogens (tertiary/aromatic N) is 1. The van der Waals surface area contributed by atoms with Gasteiger partial charge in [0.05, 0.1) is 10.5 Å². The molecule has 132 valence electrons. The lowest BCUT2D eigenvalue weighted by Crippen LogP contribution is -2.40. The first-order chi connectivity index (χ1) is 11.9. The Morgan fingerprint density at radius 1 is 1.00 bits per heavy atom. The van der Waals surface area contributed by atoms with E-state index in [1.165, 1.54) is 16.4 Å². The number of hydrogen-bond donors (Lipinski definition) is 0. The van der Waals surface area contributed by atoms with E-state index in [1.807, 2.05) is 0 Å². The highest BCUT2D eigenvalue weighted by molar-refractivity contribution is 7.89. The molecule has 4 nitrogen and oxygen atoms in total. The van der Waals surface area contributed by atoms with Crippen molar-refractivity contribution in [3.63, 3.8) is 0 Å². The number of benzene rings is 2. The zero-order valence-electron chi connectivity index (χ0n) is 13.4. The minimum atomic E-state index is -3.60. The van der Waals surface area contributed by atoms with Crippen molar-refractivity contribution in [3.05, 3.63) is 65.7 Å². The van der Waals surface area contributed by atoms with Crippen LogP contribution in [-0.4, -0.2) is 31.6 Å². The van der Waals surface area contributed by atoms with Crippen molar-refractivity contribution >= 4 is 15.8 Å². The minimum Gasteiger partial charge on any atom is -0.294 e. The van der Waals surface area contributed by atoms with E-state index in [4.69, 9.17) is 0 Å². The van der Waals surface area contributed by atoms with Crippen LogP contribution < -0.4 is 0 Å². The molecule has 1 aliphatic heterocycles. The van der Waals surface area contributed by atoms with Gasteiger partial charge >= 0.3 is 0 Å². The summed E-state index contributed by atoms with van der Waals surface area (Å²) in [5.74, 6) is -2.42. The van der Waals surface area contributed by atoms with Crippen LogP contribution in [0.1, 0.15) is 23.2 Å². The number of carbonyl (C=O) groups excluding carboxylic acids is 1. The fourth-order valence-electron chi connectivity index (χ4n) is 3.01. The third-order valence-corrected chi connectivity index (χ3v) is 6.31. The molecule has 0 saturated carbocycles. The van der Waals surface area contributed by atoms with E-state index in [9.17, 15) is 22.0 Å². The van der Waals surface area contributed by atoms with Crippen LogP contribution >= 0.6 is 0 Å². The summed E-state index contributed by atoms with van der Waals surface area (Å²) in [6, 6.07) is 10.9. The fraction of sp³-hybridized carbons (Fsp3) is 0.278. The summed E-state index contributed by atoms with van der Waals surface area (Å²) in [5, 5.41) is 0. The second-order valence-corrected chi connectivity index (χ2v) is 7.92. The normalized spacial score (nSPS) is 16.7. The predicted octanol–water partition coefficient (Wildman–Crippen LogP) is 3.25. The van der Waals surface area contributed by atoms with Gasteiger partial charge in [-0.25, -0.2) is 17.2 Å². The van der Waals surface area contributed by atoms with E-state index >= 15 is 0 Å². The largest absolute Gasteiger partial charge is 0.294 e. The summed E-state index contributed by atoms with van der Waals surface area (Å²) in [6.07, 6.45) is 0.557. The molecule has 0 unspecified atom stereocenters. The van der Waals surface area contributed by atoms with Crippen LogP contribution in [0, 0.1) is 17.6 Å². The Hall–Kier alpha value is -2.12. The molecule has 3 rings (SSSR count). The molecule has 0 spiro atoms. The molecule has 1 saturated heterocycles. The highest BCUT2D eigenvalue weighted by atomic mass is 32.2. The fourth-order valence-corrected chi connectivity index (χ4v) is 4.50. The van der Waals surface area contributed by atoms with Crippen LogP contribution in [0.4, 0.5) is 8.78 Å². The second kappa shape index (κ2) is 7.01. The molecular weight excluding hydrogens is 348 g/mol. The Kier molecular flexibility index (Phi) is 4.96. The second-order valence-electron chi connectivity index (χ2n) is 5.98. The van der Waals surface area contributed by atoms with Gasteiger partial charge in [0.15, 0.2) is 5.78 Å². The predicted molar refractivity (Wildman–Crippen MR) is 88.6 cm³/mol. The summed E-state index contributed by atoms with van der Waals surface area (Å²) in [6.45, 7) is 0.342. The first-order valence-corrected chi connectivity index (χ1v) is 9.38. The molecule has 0 aliphatic carbocycles. The van der Waals surface area contributed by atoms with Crippen LogP contribution in [0.3, 0.4) is 0 Å². The number of halogens is 2. The maximum Gasteiger partial charge on any atom is 0.243 e. The Morgan fingerprint density at radius 2 is 1.64 bits per heavy atom. The van der Waals surface area contributed by atoms with E-state index < -0.39 is 33.4 Å².